The molecule has 2 aromatic rings. The number of carbonyl (C=O) groups is 7. The van der Waals surface area contributed by atoms with Gasteiger partial charge in [-0.05, 0) is 56.2 Å². The number of H-pyrrole nitrogens is 1. The van der Waals surface area contributed by atoms with E-state index in [0.29, 0.717) is 25.1 Å². The molecule has 1 saturated heterocycles. The van der Waals surface area contributed by atoms with Gasteiger partial charge in [-0.3, -0.25) is 28.8 Å². The fraction of sp³-hybridized carbons (Fsp3) is 0.529. The Morgan fingerprint density at radius 1 is 0.925 bits per heavy atom. The smallest absolute Gasteiger partial charge is 0.328 e. The first-order chi connectivity index (χ1) is 25.0. The number of aliphatic hydroxyl groups excluding tert-OH is 1. The lowest BCUT2D eigenvalue weighted by Gasteiger charge is -2.28. The summed E-state index contributed by atoms with van der Waals surface area (Å²) in [6, 6.07) is 0.526. The van der Waals surface area contributed by atoms with Gasteiger partial charge >= 0.3 is 5.97 Å². The first-order valence-electron chi connectivity index (χ1n) is 17.2. The highest BCUT2D eigenvalue weighted by Gasteiger charge is 2.38. The number of hydrogen-bond acceptors (Lipinski definition) is 11. The van der Waals surface area contributed by atoms with Gasteiger partial charge in [0.25, 0.3) is 0 Å². The van der Waals surface area contributed by atoms with Gasteiger partial charge < -0.3 is 57.5 Å². The lowest BCUT2D eigenvalue weighted by molar-refractivity contribution is -0.145. The van der Waals surface area contributed by atoms with Crippen LogP contribution in [-0.2, 0) is 46.4 Å². The molecule has 0 bridgehead atoms. The number of carboxylic acid groups (broad SMARTS) is 1. The highest BCUT2D eigenvalue weighted by molar-refractivity contribution is 5.95. The third-order valence-electron chi connectivity index (χ3n) is 8.43. The first-order valence-corrected chi connectivity index (χ1v) is 17.2. The topological polar surface area (TPSA) is 298 Å². The second-order valence-electron chi connectivity index (χ2n) is 13.3. The minimum absolute atomic E-state index is 0.0399. The second kappa shape index (κ2) is 19.9. The molecule has 6 amide bonds. The Kier molecular flexibility index (Phi) is 15.7. The molecule has 19 heteroatoms. The minimum atomic E-state index is -1.64. The molecule has 3 rings (SSSR count). The molecule has 6 atom stereocenters. The zero-order chi connectivity index (χ0) is 39.2. The van der Waals surface area contributed by atoms with Crippen LogP contribution in [0.25, 0.3) is 0 Å². The Hall–Kier alpha value is -5.56. The van der Waals surface area contributed by atoms with Crippen LogP contribution in [0, 0.1) is 5.92 Å². The van der Waals surface area contributed by atoms with Gasteiger partial charge in [0.2, 0.25) is 35.4 Å². The van der Waals surface area contributed by atoms with Crippen LogP contribution in [0.1, 0.15) is 51.3 Å². The number of hydrogen-bond donors (Lipinski definition) is 10. The van der Waals surface area contributed by atoms with Gasteiger partial charge in [0.15, 0.2) is 6.04 Å². The molecule has 0 spiro atoms. The van der Waals surface area contributed by atoms with Crippen molar-refractivity contribution in [3.05, 3.63) is 48.0 Å². The number of rotatable bonds is 19. The van der Waals surface area contributed by atoms with Gasteiger partial charge in [-0.1, -0.05) is 26.0 Å². The van der Waals surface area contributed by atoms with Crippen molar-refractivity contribution in [3.63, 3.8) is 0 Å². The van der Waals surface area contributed by atoms with E-state index in [1.807, 2.05) is 13.8 Å². The molecule has 53 heavy (non-hydrogen) atoms. The number of phenols is 1. The average molecular weight is 744 g/mol. The van der Waals surface area contributed by atoms with Crippen molar-refractivity contribution in [2.24, 2.45) is 11.7 Å². The lowest BCUT2D eigenvalue weighted by atomic mass is 10.0. The maximum atomic E-state index is 13.4. The van der Waals surface area contributed by atoms with Gasteiger partial charge in [0, 0.05) is 24.9 Å². The number of aliphatic carboxylic acids is 1. The molecule has 1 aromatic heterocycles. The fourth-order valence-corrected chi connectivity index (χ4v) is 5.71. The predicted octanol–water partition coefficient (Wildman–Crippen LogP) is -2.58. The van der Waals surface area contributed by atoms with E-state index in [-0.39, 0.29) is 30.9 Å². The van der Waals surface area contributed by atoms with Crippen molar-refractivity contribution in [1.29, 1.82) is 0 Å². The normalized spacial score (nSPS) is 16.8. The number of aliphatic hydroxyl groups is 1. The fourth-order valence-electron chi connectivity index (χ4n) is 5.71. The van der Waals surface area contributed by atoms with E-state index >= 15 is 0 Å². The van der Waals surface area contributed by atoms with Crippen molar-refractivity contribution in [2.45, 2.75) is 89.2 Å². The number of nitrogens with two attached hydrogens (primary N) is 1. The summed E-state index contributed by atoms with van der Waals surface area (Å²) < 4.78 is 0. The number of aromatic amines is 1. The molecule has 0 radical (unpaired) electrons. The zero-order valence-electron chi connectivity index (χ0n) is 29.8. The van der Waals surface area contributed by atoms with E-state index in [1.165, 1.54) is 36.5 Å². The molecular formula is C34H49N9O10. The highest BCUT2D eigenvalue weighted by atomic mass is 16.4. The van der Waals surface area contributed by atoms with Crippen LogP contribution in [0.3, 0.4) is 0 Å². The van der Waals surface area contributed by atoms with Crippen molar-refractivity contribution in [2.75, 3.05) is 19.6 Å². The number of phenolic OH excluding ortho intramolecular Hbond substituents is 1. The highest BCUT2D eigenvalue weighted by Crippen LogP contribution is 2.20. The van der Waals surface area contributed by atoms with Crippen LogP contribution < -0.4 is 32.3 Å². The molecule has 19 nitrogen and oxygen atoms in total. The van der Waals surface area contributed by atoms with E-state index < -0.39 is 90.8 Å². The number of carbonyl (C=O) groups excluding carboxylic acids is 6. The van der Waals surface area contributed by atoms with Crippen molar-refractivity contribution in [3.8, 4) is 5.75 Å². The Labute approximate surface area is 305 Å². The second-order valence-corrected chi connectivity index (χ2v) is 13.3. The van der Waals surface area contributed by atoms with Crippen LogP contribution >= 0.6 is 0 Å². The summed E-state index contributed by atoms with van der Waals surface area (Å²) in [5.74, 6) is -5.52. The molecule has 290 valence electrons. The number of benzene rings is 1. The minimum Gasteiger partial charge on any atom is -0.508 e. The molecule has 1 aliphatic heterocycles. The number of nitrogens with one attached hydrogen (secondary N) is 6. The van der Waals surface area contributed by atoms with Crippen LogP contribution in [0.2, 0.25) is 0 Å². The quantitative estimate of drug-likeness (QED) is 0.0710. The van der Waals surface area contributed by atoms with Crippen molar-refractivity contribution < 1.29 is 48.9 Å². The Morgan fingerprint density at radius 2 is 1.60 bits per heavy atom. The molecule has 0 saturated carbocycles. The van der Waals surface area contributed by atoms with E-state index in [2.05, 4.69) is 36.6 Å². The zero-order valence-corrected chi connectivity index (χ0v) is 29.8. The SMILES string of the molecule is CC(C)C[C@H](NC(=O)[C@@H]1CCCN1C(=O)[C@@H](N)Cc1ccc(O)cc1)C(=O)NCC(=O)NCC(=O)N[C@@H](Cc1cnc[nH]1)C(=O)N[C@H](C(=O)O)[C@@H](C)O. The van der Waals surface area contributed by atoms with Crippen molar-refractivity contribution in [1.82, 2.24) is 41.5 Å². The van der Waals surface area contributed by atoms with Crippen LogP contribution in [-0.4, -0.2) is 128 Å². The number of carboxylic acids is 1. The summed E-state index contributed by atoms with van der Waals surface area (Å²) in [5, 5.41) is 40.6. The van der Waals surface area contributed by atoms with Crippen molar-refractivity contribution >= 4 is 41.4 Å². The molecule has 1 aliphatic rings. The summed E-state index contributed by atoms with van der Waals surface area (Å²) in [6.07, 6.45) is 2.54. The summed E-state index contributed by atoms with van der Waals surface area (Å²) in [5.41, 5.74) is 7.37. The average Bonchev–Trinajstić information content (AvgIpc) is 3.81. The largest absolute Gasteiger partial charge is 0.508 e. The van der Waals surface area contributed by atoms with Gasteiger partial charge in [-0.15, -0.1) is 0 Å². The van der Waals surface area contributed by atoms with Crippen LogP contribution in [0.5, 0.6) is 5.75 Å². The van der Waals surface area contributed by atoms with E-state index in [0.717, 1.165) is 5.56 Å². The molecule has 0 unspecified atom stereocenters. The monoisotopic (exact) mass is 743 g/mol. The summed E-state index contributed by atoms with van der Waals surface area (Å²) >= 11 is 0. The number of aromatic nitrogens is 2. The predicted molar refractivity (Wildman–Crippen MR) is 187 cm³/mol. The number of amides is 6. The third-order valence-corrected chi connectivity index (χ3v) is 8.43. The van der Waals surface area contributed by atoms with Gasteiger partial charge in [-0.2, -0.15) is 0 Å². The van der Waals surface area contributed by atoms with E-state index in [9.17, 15) is 48.9 Å². The molecule has 1 fully saturated rings. The molecule has 1 aromatic carbocycles. The summed E-state index contributed by atoms with van der Waals surface area (Å²) in [7, 11) is 0. The van der Waals surface area contributed by atoms with E-state index in [4.69, 9.17) is 5.73 Å². The number of nitrogens with zero attached hydrogens (tertiary/aromatic N) is 2. The Balaban J connectivity index is 1.53. The van der Waals surface area contributed by atoms with Crippen LogP contribution in [0.4, 0.5) is 0 Å². The molecule has 0 aliphatic carbocycles. The molecule has 11 N–H and O–H groups in total. The third kappa shape index (κ3) is 13.2. The summed E-state index contributed by atoms with van der Waals surface area (Å²) in [4.78, 5) is 97.4. The van der Waals surface area contributed by atoms with Gasteiger partial charge in [0.1, 0.15) is 23.9 Å². The van der Waals surface area contributed by atoms with E-state index in [1.54, 1.807) is 12.1 Å². The standard InChI is InChI=1S/C34H49N9O10/c1-18(2)11-24(41-32(50)26-5-4-10-43(26)33(51)23(35)12-20-6-8-22(45)9-7-20)30(48)38-15-27(46)37-16-28(47)40-25(13-21-14-36-17-39-21)31(49)42-29(19(3)44)34(52)53/h6-9,14,17-19,23-26,29,44-45H,4-5,10-13,15-16,35H2,1-3H3,(H,36,39)(H,37,46)(H,38,48)(H,40,47)(H,41,50)(H,42,49)(H,52,53)/t19-,23+,24+,25+,26+,29+/m1/s1. The van der Waals surface area contributed by atoms with Gasteiger partial charge in [-0.25, -0.2) is 9.78 Å². The Morgan fingerprint density at radius 3 is 2.21 bits per heavy atom. The molecular weight excluding hydrogens is 694 g/mol. The first kappa shape index (κ1) is 41.9. The number of imidazole rings is 1. The number of aromatic hydroxyl groups is 1. The number of likely N-dealkylation sites (tertiary alicyclic amines) is 1. The van der Waals surface area contributed by atoms with Crippen LogP contribution in [0.15, 0.2) is 36.8 Å². The lowest BCUT2D eigenvalue weighted by Crippen LogP contribution is -2.57. The maximum absolute atomic E-state index is 13.4. The van der Waals surface area contributed by atoms with Gasteiger partial charge in [0.05, 0.1) is 31.6 Å². The maximum Gasteiger partial charge on any atom is 0.328 e. The Bertz CT molecular complexity index is 1580. The summed E-state index contributed by atoms with van der Waals surface area (Å²) in [6.45, 7) is 4.03. The molecule has 2 heterocycles.